The van der Waals surface area contributed by atoms with Crippen LogP contribution >= 0.6 is 23.2 Å². The van der Waals surface area contributed by atoms with Crippen molar-refractivity contribution in [1.29, 1.82) is 5.26 Å². The summed E-state index contributed by atoms with van der Waals surface area (Å²) in [5.41, 5.74) is 0.426. The molecule has 1 heterocycles. The minimum absolute atomic E-state index is 0.0546. The smallest absolute Gasteiger partial charge is 0.289 e. The highest BCUT2D eigenvalue weighted by molar-refractivity contribution is 6.31. The normalized spacial score (nSPS) is 19.4. The maximum atomic E-state index is 12.1. The summed E-state index contributed by atoms with van der Waals surface area (Å²) in [5, 5.41) is 12.6. The summed E-state index contributed by atoms with van der Waals surface area (Å²) in [7, 11) is 0. The highest BCUT2D eigenvalue weighted by Crippen LogP contribution is 2.27. The van der Waals surface area contributed by atoms with Crippen LogP contribution in [0.3, 0.4) is 0 Å². The summed E-state index contributed by atoms with van der Waals surface area (Å²) in [6.07, 6.45) is 6.07. The minimum atomic E-state index is -0.301. The van der Waals surface area contributed by atoms with E-state index in [4.69, 9.17) is 33.2 Å². The number of nitrogens with zero attached hydrogens (tertiary/aromatic N) is 3. The van der Waals surface area contributed by atoms with Gasteiger partial charge < -0.3 is 10.1 Å². The van der Waals surface area contributed by atoms with Crippen molar-refractivity contribution in [3.8, 4) is 11.8 Å². The number of carbonyl (C=O) groups is 1. The van der Waals surface area contributed by atoms with Gasteiger partial charge in [-0.3, -0.25) is 4.79 Å². The Bertz CT molecular complexity index is 828. The molecule has 0 bridgehead atoms. The molecular weight excluding hydrogens is 375 g/mol. The molecule has 0 spiro atoms. The lowest BCUT2D eigenvalue weighted by molar-refractivity contribution is 0.0883. The van der Waals surface area contributed by atoms with E-state index in [1.54, 1.807) is 18.2 Å². The van der Waals surface area contributed by atoms with Gasteiger partial charge >= 0.3 is 0 Å². The Labute approximate surface area is 161 Å². The molecule has 1 saturated carbocycles. The van der Waals surface area contributed by atoms with Crippen molar-refractivity contribution < 1.29 is 9.53 Å². The molecule has 26 heavy (non-hydrogen) atoms. The zero-order valence-corrected chi connectivity index (χ0v) is 15.3. The third kappa shape index (κ3) is 4.63. The largest absolute Gasteiger partial charge is 0.490 e. The van der Waals surface area contributed by atoms with Crippen LogP contribution in [0.2, 0.25) is 10.0 Å². The van der Waals surface area contributed by atoms with Crippen molar-refractivity contribution >= 4 is 29.1 Å². The number of hydrogen-bond acceptors (Lipinski definition) is 5. The summed E-state index contributed by atoms with van der Waals surface area (Å²) in [6.45, 7) is 0. The topological polar surface area (TPSA) is 87.9 Å². The Kier molecular flexibility index (Phi) is 5.92. The zero-order valence-electron chi connectivity index (χ0n) is 13.8. The lowest BCUT2D eigenvalue weighted by atomic mass is 9.93. The standard InChI is InChI=1S/C18H16Cl2N4O2/c19-12-9-22-17(23-10-12)18(25)24-13-2-5-14(6-3-13)26-15-4-1-11(8-21)16(20)7-15/h1,4,7,9-10,13-14H,2-3,5-6H2,(H,24,25)/t13-,14-. The van der Waals surface area contributed by atoms with Gasteiger partial charge in [0.1, 0.15) is 11.8 Å². The zero-order chi connectivity index (χ0) is 18.5. The number of carbonyl (C=O) groups excluding carboxylic acids is 1. The van der Waals surface area contributed by atoms with Crippen LogP contribution in [0.15, 0.2) is 30.6 Å². The van der Waals surface area contributed by atoms with E-state index in [0.717, 1.165) is 25.7 Å². The molecule has 0 saturated heterocycles. The van der Waals surface area contributed by atoms with Crippen LogP contribution in [-0.2, 0) is 0 Å². The molecule has 1 aromatic carbocycles. The predicted octanol–water partition coefficient (Wildman–Crippen LogP) is 3.78. The van der Waals surface area contributed by atoms with E-state index in [1.807, 2.05) is 6.07 Å². The van der Waals surface area contributed by atoms with Gasteiger partial charge in [0.25, 0.3) is 5.91 Å². The number of amides is 1. The second kappa shape index (κ2) is 8.35. The Morgan fingerprint density at radius 2 is 1.88 bits per heavy atom. The van der Waals surface area contributed by atoms with Crippen molar-refractivity contribution in [2.24, 2.45) is 0 Å². The third-order valence-electron chi connectivity index (χ3n) is 4.20. The number of ether oxygens (including phenoxy) is 1. The van der Waals surface area contributed by atoms with E-state index in [0.29, 0.717) is 21.4 Å². The number of halogens is 2. The molecule has 1 aromatic heterocycles. The predicted molar refractivity (Wildman–Crippen MR) is 97.3 cm³/mol. The first-order valence-corrected chi connectivity index (χ1v) is 8.95. The van der Waals surface area contributed by atoms with E-state index in [9.17, 15) is 4.79 Å². The van der Waals surface area contributed by atoms with Crippen molar-refractivity contribution in [3.63, 3.8) is 0 Å². The Morgan fingerprint density at radius 3 is 2.50 bits per heavy atom. The molecular formula is C18H16Cl2N4O2. The lowest BCUT2D eigenvalue weighted by Gasteiger charge is -2.29. The fourth-order valence-corrected chi connectivity index (χ4v) is 3.17. The van der Waals surface area contributed by atoms with E-state index in [1.165, 1.54) is 12.4 Å². The molecule has 0 aliphatic heterocycles. The summed E-state index contributed by atoms with van der Waals surface area (Å²) in [6, 6.07) is 7.14. The van der Waals surface area contributed by atoms with Crippen LogP contribution in [0.4, 0.5) is 0 Å². The quantitative estimate of drug-likeness (QED) is 0.857. The van der Waals surface area contributed by atoms with Crippen LogP contribution in [0.25, 0.3) is 0 Å². The third-order valence-corrected chi connectivity index (χ3v) is 4.70. The van der Waals surface area contributed by atoms with Crippen LogP contribution < -0.4 is 10.1 Å². The fourth-order valence-electron chi connectivity index (χ4n) is 2.86. The van der Waals surface area contributed by atoms with Crippen molar-refractivity contribution in [1.82, 2.24) is 15.3 Å². The summed E-state index contributed by atoms with van der Waals surface area (Å²) in [4.78, 5) is 20.0. The van der Waals surface area contributed by atoms with Gasteiger partial charge in [0.05, 0.1) is 21.7 Å². The molecule has 1 fully saturated rings. The fraction of sp³-hybridized carbons (Fsp3) is 0.333. The SMILES string of the molecule is N#Cc1ccc(O[C@H]2CC[C@H](NC(=O)c3ncc(Cl)cn3)CC2)cc1Cl. The van der Waals surface area contributed by atoms with Gasteiger partial charge in [-0.15, -0.1) is 0 Å². The average molecular weight is 391 g/mol. The van der Waals surface area contributed by atoms with E-state index >= 15 is 0 Å². The average Bonchev–Trinajstić information content (AvgIpc) is 2.64. The molecule has 1 N–H and O–H groups in total. The summed E-state index contributed by atoms with van der Waals surface area (Å²) in [5.74, 6) is 0.459. The number of rotatable bonds is 4. The van der Waals surface area contributed by atoms with Gasteiger partial charge in [-0.05, 0) is 37.8 Å². The molecule has 0 atom stereocenters. The molecule has 0 unspecified atom stereocenters. The van der Waals surface area contributed by atoms with Gasteiger partial charge in [-0.2, -0.15) is 5.26 Å². The number of aromatic nitrogens is 2. The molecule has 1 aliphatic rings. The van der Waals surface area contributed by atoms with Crippen molar-refractivity contribution in [2.45, 2.75) is 37.8 Å². The maximum Gasteiger partial charge on any atom is 0.289 e. The second-order valence-electron chi connectivity index (χ2n) is 6.04. The van der Waals surface area contributed by atoms with Gasteiger partial charge in [0, 0.05) is 24.5 Å². The first-order chi connectivity index (χ1) is 12.5. The monoisotopic (exact) mass is 390 g/mol. The Morgan fingerprint density at radius 1 is 1.19 bits per heavy atom. The van der Waals surface area contributed by atoms with E-state index < -0.39 is 0 Å². The highest BCUT2D eigenvalue weighted by Gasteiger charge is 2.24. The Balaban J connectivity index is 1.49. The van der Waals surface area contributed by atoms with Gasteiger partial charge in [0.2, 0.25) is 5.82 Å². The summed E-state index contributed by atoms with van der Waals surface area (Å²) >= 11 is 11.7. The van der Waals surface area contributed by atoms with Gasteiger partial charge in [-0.1, -0.05) is 23.2 Å². The van der Waals surface area contributed by atoms with Crippen molar-refractivity contribution in [3.05, 3.63) is 52.0 Å². The second-order valence-corrected chi connectivity index (χ2v) is 6.89. The molecule has 1 aliphatic carbocycles. The van der Waals surface area contributed by atoms with Crippen LogP contribution in [-0.4, -0.2) is 28.0 Å². The molecule has 1 amide bonds. The first kappa shape index (κ1) is 18.4. The molecule has 8 heteroatoms. The molecule has 2 aromatic rings. The molecule has 3 rings (SSSR count). The number of nitrogens with one attached hydrogen (secondary N) is 1. The molecule has 6 nitrogen and oxygen atoms in total. The lowest BCUT2D eigenvalue weighted by Crippen LogP contribution is -2.40. The number of nitriles is 1. The van der Waals surface area contributed by atoms with Crippen LogP contribution in [0.5, 0.6) is 5.75 Å². The van der Waals surface area contributed by atoms with E-state index in [2.05, 4.69) is 15.3 Å². The van der Waals surface area contributed by atoms with Crippen molar-refractivity contribution in [2.75, 3.05) is 0 Å². The maximum absolute atomic E-state index is 12.1. The van der Waals surface area contributed by atoms with Gasteiger partial charge in [-0.25, -0.2) is 9.97 Å². The molecule has 134 valence electrons. The summed E-state index contributed by atoms with van der Waals surface area (Å²) < 4.78 is 5.94. The number of benzene rings is 1. The first-order valence-electron chi connectivity index (χ1n) is 8.20. The van der Waals surface area contributed by atoms with Gasteiger partial charge in [0.15, 0.2) is 0 Å². The highest BCUT2D eigenvalue weighted by atomic mass is 35.5. The van der Waals surface area contributed by atoms with Crippen LogP contribution in [0.1, 0.15) is 41.9 Å². The minimum Gasteiger partial charge on any atom is -0.490 e. The number of hydrogen-bond donors (Lipinski definition) is 1. The van der Waals surface area contributed by atoms with Crippen LogP contribution in [0, 0.1) is 11.3 Å². The molecule has 0 radical (unpaired) electrons. The van der Waals surface area contributed by atoms with E-state index in [-0.39, 0.29) is 23.9 Å². The Hall–Kier alpha value is -2.36.